The molecule has 0 amide bonds. The van der Waals surface area contributed by atoms with Crippen molar-refractivity contribution >= 4 is 5.71 Å². The zero-order valence-corrected chi connectivity index (χ0v) is 16.8. The number of hydrogen-bond donors (Lipinski definition) is 2. The molecule has 1 aliphatic rings. The number of aliphatic imine (C=N–C) groups is 1. The van der Waals surface area contributed by atoms with Crippen molar-refractivity contribution in [3.8, 4) is 11.5 Å². The Hall–Kier alpha value is -3.11. The van der Waals surface area contributed by atoms with E-state index < -0.39 is 0 Å². The molecule has 0 aromatic heterocycles. The maximum Gasteiger partial charge on any atom is 0.129 e. The summed E-state index contributed by atoms with van der Waals surface area (Å²) in [6.45, 7) is 2.16. The van der Waals surface area contributed by atoms with Crippen LogP contribution >= 0.6 is 0 Å². The lowest BCUT2D eigenvalue weighted by Gasteiger charge is -2.31. The van der Waals surface area contributed by atoms with E-state index in [-0.39, 0.29) is 12.2 Å². The van der Waals surface area contributed by atoms with E-state index in [9.17, 15) is 5.11 Å². The maximum atomic E-state index is 10.4. The Morgan fingerprint density at radius 1 is 0.966 bits per heavy atom. The number of hydrogen-bond acceptors (Lipinski definition) is 4. The Morgan fingerprint density at radius 2 is 1.66 bits per heavy atom. The number of rotatable bonds is 5. The first kappa shape index (κ1) is 19.2. The minimum atomic E-state index is -0.259. The number of nitrogens with zero attached hydrogens (tertiary/aromatic N) is 1. The summed E-state index contributed by atoms with van der Waals surface area (Å²) in [5.41, 5.74) is 5.31. The first-order chi connectivity index (χ1) is 14.2. The molecule has 0 radical (unpaired) electrons. The lowest BCUT2D eigenvalue weighted by atomic mass is 9.93. The molecule has 0 saturated carbocycles. The number of methoxy groups -OCH3 is 1. The van der Waals surface area contributed by atoms with Gasteiger partial charge in [0.1, 0.15) is 17.7 Å². The van der Waals surface area contributed by atoms with Crippen molar-refractivity contribution in [3.63, 3.8) is 0 Å². The van der Waals surface area contributed by atoms with Gasteiger partial charge in [-0.3, -0.25) is 10.3 Å². The molecule has 0 spiro atoms. The highest BCUT2D eigenvalue weighted by molar-refractivity contribution is 6.01. The summed E-state index contributed by atoms with van der Waals surface area (Å²) < 4.78 is 5.58. The first-order valence-corrected chi connectivity index (χ1v) is 10.0. The van der Waals surface area contributed by atoms with Crippen LogP contribution in [0.25, 0.3) is 0 Å². The molecule has 2 N–H and O–H groups in total. The van der Waals surface area contributed by atoms with E-state index in [1.165, 1.54) is 5.56 Å². The molecule has 0 unspecified atom stereocenters. The lowest BCUT2D eigenvalue weighted by Crippen LogP contribution is -2.33. The minimum absolute atomic E-state index is 0.0514. The number of aryl methyl sites for hydroxylation is 1. The van der Waals surface area contributed by atoms with Crippen LogP contribution in [0.3, 0.4) is 0 Å². The number of benzene rings is 3. The van der Waals surface area contributed by atoms with E-state index in [0.717, 1.165) is 34.6 Å². The number of phenols is 1. The first-order valence-electron chi connectivity index (χ1n) is 10.0. The minimum Gasteiger partial charge on any atom is -0.508 e. The summed E-state index contributed by atoms with van der Waals surface area (Å²) in [5, 5.41) is 14.0. The molecule has 4 heteroatoms. The Kier molecular flexibility index (Phi) is 5.63. The smallest absolute Gasteiger partial charge is 0.129 e. The number of ether oxygens (including phenoxy) is 1. The van der Waals surface area contributed by atoms with Gasteiger partial charge >= 0.3 is 0 Å². The second-order valence-electron chi connectivity index (χ2n) is 7.25. The molecule has 2 atom stereocenters. The fourth-order valence-electron chi connectivity index (χ4n) is 3.85. The van der Waals surface area contributed by atoms with E-state index in [4.69, 9.17) is 9.73 Å². The predicted octanol–water partition coefficient (Wildman–Crippen LogP) is 5.19. The fraction of sp³-hybridized carbons (Fsp3) is 0.240. The van der Waals surface area contributed by atoms with Gasteiger partial charge in [0.05, 0.1) is 7.11 Å². The Labute approximate surface area is 171 Å². The fourth-order valence-corrected chi connectivity index (χ4v) is 3.85. The highest BCUT2D eigenvalue weighted by atomic mass is 16.5. The van der Waals surface area contributed by atoms with Crippen LogP contribution in [-0.4, -0.2) is 17.9 Å². The molecular weight excluding hydrogens is 360 g/mol. The van der Waals surface area contributed by atoms with Gasteiger partial charge in [0.2, 0.25) is 0 Å². The average molecular weight is 386 g/mol. The summed E-state index contributed by atoms with van der Waals surface area (Å²) in [6.07, 6.45) is 1.46. The lowest BCUT2D eigenvalue weighted by molar-refractivity contribution is 0.381. The zero-order valence-electron chi connectivity index (χ0n) is 16.8. The van der Waals surface area contributed by atoms with Gasteiger partial charge in [0.25, 0.3) is 0 Å². The molecule has 4 rings (SSSR count). The number of phenolic OH excluding ortho intramolecular Hbond substituents is 1. The van der Waals surface area contributed by atoms with Crippen LogP contribution in [0.4, 0.5) is 0 Å². The van der Waals surface area contributed by atoms with Crippen molar-refractivity contribution in [2.24, 2.45) is 4.99 Å². The number of aromatic hydroxyl groups is 1. The van der Waals surface area contributed by atoms with Crippen LogP contribution in [0.1, 0.15) is 47.8 Å². The van der Waals surface area contributed by atoms with Crippen molar-refractivity contribution < 1.29 is 9.84 Å². The number of para-hydroxylation sites is 2. The Morgan fingerprint density at radius 3 is 2.34 bits per heavy atom. The van der Waals surface area contributed by atoms with Gasteiger partial charge in [-0.25, -0.2) is 0 Å². The van der Waals surface area contributed by atoms with Crippen molar-refractivity contribution in [1.29, 1.82) is 0 Å². The molecule has 148 valence electrons. The summed E-state index contributed by atoms with van der Waals surface area (Å²) in [6, 6.07) is 24.0. The van der Waals surface area contributed by atoms with E-state index in [1.54, 1.807) is 13.2 Å². The van der Waals surface area contributed by atoms with Crippen LogP contribution in [0.5, 0.6) is 11.5 Å². The van der Waals surface area contributed by atoms with Gasteiger partial charge in [-0.15, -0.1) is 0 Å². The maximum absolute atomic E-state index is 10.4. The van der Waals surface area contributed by atoms with E-state index in [1.807, 2.05) is 42.5 Å². The van der Waals surface area contributed by atoms with Gasteiger partial charge in [-0.2, -0.15) is 0 Å². The SMILES string of the molecule is CCc1ccc(C2=N[C@H](c3ccccc3OC)N[C@@H](c3ccccc3O)C2)cc1. The van der Waals surface area contributed by atoms with Crippen molar-refractivity contribution in [2.75, 3.05) is 7.11 Å². The zero-order chi connectivity index (χ0) is 20.2. The normalized spacial score (nSPS) is 18.9. The van der Waals surface area contributed by atoms with Gasteiger partial charge in [-0.05, 0) is 29.7 Å². The van der Waals surface area contributed by atoms with Crippen LogP contribution in [-0.2, 0) is 6.42 Å². The van der Waals surface area contributed by atoms with E-state index >= 15 is 0 Å². The predicted molar refractivity (Wildman–Crippen MR) is 117 cm³/mol. The molecule has 0 aliphatic carbocycles. The molecule has 3 aromatic rings. The third kappa shape index (κ3) is 4.03. The standard InChI is InChI=1S/C25H26N2O2/c1-3-17-12-14-18(15-13-17)21-16-22(19-8-4-6-10-23(19)28)27-25(26-21)20-9-5-7-11-24(20)29-2/h4-15,22,25,27-28H,3,16H2,1-2H3/t22-,25+/m1/s1. The molecule has 4 nitrogen and oxygen atoms in total. The van der Waals surface area contributed by atoms with Crippen LogP contribution in [0.15, 0.2) is 77.8 Å². The molecule has 29 heavy (non-hydrogen) atoms. The molecule has 0 bridgehead atoms. The molecular formula is C25H26N2O2. The van der Waals surface area contributed by atoms with Crippen molar-refractivity contribution in [2.45, 2.75) is 32.0 Å². The molecule has 0 fully saturated rings. The second kappa shape index (κ2) is 8.50. The third-order valence-electron chi connectivity index (χ3n) is 5.48. The van der Waals surface area contributed by atoms with Crippen molar-refractivity contribution in [1.82, 2.24) is 5.32 Å². The quantitative estimate of drug-likeness (QED) is 0.635. The van der Waals surface area contributed by atoms with E-state index in [2.05, 4.69) is 36.5 Å². The second-order valence-corrected chi connectivity index (χ2v) is 7.25. The Bertz CT molecular complexity index is 1010. The van der Waals surface area contributed by atoms with Gasteiger partial charge < -0.3 is 9.84 Å². The highest BCUT2D eigenvalue weighted by Gasteiger charge is 2.28. The largest absolute Gasteiger partial charge is 0.508 e. The summed E-state index contributed by atoms with van der Waals surface area (Å²) >= 11 is 0. The molecule has 0 saturated heterocycles. The third-order valence-corrected chi connectivity index (χ3v) is 5.48. The summed E-state index contributed by atoms with van der Waals surface area (Å²) in [7, 11) is 1.68. The molecule has 3 aromatic carbocycles. The van der Waals surface area contributed by atoms with Gasteiger partial charge in [0.15, 0.2) is 0 Å². The number of nitrogens with one attached hydrogen (secondary N) is 1. The van der Waals surface area contributed by atoms with Crippen LogP contribution in [0.2, 0.25) is 0 Å². The monoisotopic (exact) mass is 386 g/mol. The van der Waals surface area contributed by atoms with Gasteiger partial charge in [0, 0.05) is 29.3 Å². The highest BCUT2D eigenvalue weighted by Crippen LogP contribution is 2.36. The van der Waals surface area contributed by atoms with Gasteiger partial charge in [-0.1, -0.05) is 67.6 Å². The Balaban J connectivity index is 1.77. The average Bonchev–Trinajstić information content (AvgIpc) is 2.79. The van der Waals surface area contributed by atoms with Crippen molar-refractivity contribution in [3.05, 3.63) is 95.1 Å². The van der Waals surface area contributed by atoms with Crippen LogP contribution in [0, 0.1) is 0 Å². The molecule has 1 aliphatic heterocycles. The summed E-state index contributed by atoms with van der Waals surface area (Å²) in [5.74, 6) is 1.10. The van der Waals surface area contributed by atoms with E-state index in [0.29, 0.717) is 12.2 Å². The topological polar surface area (TPSA) is 53.8 Å². The molecule has 1 heterocycles. The van der Waals surface area contributed by atoms with Crippen LogP contribution < -0.4 is 10.1 Å². The summed E-state index contributed by atoms with van der Waals surface area (Å²) in [4.78, 5) is 5.04.